The van der Waals surface area contributed by atoms with Gasteiger partial charge in [-0.05, 0) is 25.3 Å². The van der Waals surface area contributed by atoms with Crippen LogP contribution in [0.4, 0.5) is 5.82 Å². The molecule has 0 bridgehead atoms. The second kappa shape index (κ2) is 15.3. The van der Waals surface area contributed by atoms with E-state index in [-0.39, 0.29) is 41.8 Å². The van der Waals surface area contributed by atoms with Crippen molar-refractivity contribution in [1.82, 2.24) is 9.55 Å². The summed E-state index contributed by atoms with van der Waals surface area (Å²) in [4.78, 5) is 29.7. The predicted octanol–water partition coefficient (Wildman–Crippen LogP) is -8.22. The van der Waals surface area contributed by atoms with E-state index in [9.17, 15) is 55.1 Å². The zero-order valence-corrected chi connectivity index (χ0v) is 25.9. The summed E-state index contributed by atoms with van der Waals surface area (Å²) in [5.74, 6) is -0.802. The number of ether oxygens (including phenoxy) is 2. The smallest absolute Gasteiger partial charge is 0.862 e. The van der Waals surface area contributed by atoms with Crippen molar-refractivity contribution >= 4 is 19.3 Å². The van der Waals surface area contributed by atoms with E-state index in [0.29, 0.717) is 0 Å². The molecule has 0 aromatic carbocycles. The predicted molar refractivity (Wildman–Crippen MR) is 135 cm³/mol. The standard InChI is InChI=1S/C22H37N4O14P.Na/c1-10(29)24-15-11(30)6-22(9-28,40-19(15)16(32)12(31)7-27)3-5-41(36,37)38-8-13-17(33)18(34)20(39-13)26-4-2-14(23)25-21(26)35;/h2,4,11-13,15-20,27-28,30-34H,3,5-9H2,1H3,(H,24,29)(H,36,37)(H2,23,25,35);/q;+1/p-1/t11-,12+,13+,15+,16?,17+,18+,19+,20+,22-;/m0./s1. The number of aliphatic hydroxyl groups is 7. The van der Waals surface area contributed by atoms with Crippen LogP contribution < -0.4 is 46.1 Å². The molecule has 11 atom stereocenters. The van der Waals surface area contributed by atoms with Gasteiger partial charge in [-0.3, -0.25) is 14.1 Å². The van der Waals surface area contributed by atoms with Crippen molar-refractivity contribution < 1.29 is 93.9 Å². The second-order valence-electron chi connectivity index (χ2n) is 10.1. The molecular weight excluding hydrogens is 598 g/mol. The molecule has 3 heterocycles. The van der Waals surface area contributed by atoms with E-state index in [4.69, 9.17) is 19.7 Å². The summed E-state index contributed by atoms with van der Waals surface area (Å²) >= 11 is 0. The second-order valence-corrected chi connectivity index (χ2v) is 12.0. The Morgan fingerprint density at radius 2 is 2.00 bits per heavy atom. The fourth-order valence-electron chi connectivity index (χ4n) is 4.75. The molecule has 234 valence electrons. The first kappa shape index (κ1) is 37.1. The Morgan fingerprint density at radius 1 is 1.33 bits per heavy atom. The molecule has 0 aliphatic carbocycles. The molecule has 1 aromatic heterocycles. The quantitative estimate of drug-likeness (QED) is 0.0446. The van der Waals surface area contributed by atoms with Crippen LogP contribution >= 0.6 is 7.60 Å². The zero-order chi connectivity index (χ0) is 30.7. The van der Waals surface area contributed by atoms with Gasteiger partial charge in [0.1, 0.15) is 48.5 Å². The molecule has 0 saturated carbocycles. The molecule has 2 aliphatic rings. The van der Waals surface area contributed by atoms with Gasteiger partial charge in [-0.25, -0.2) is 4.79 Å². The van der Waals surface area contributed by atoms with Crippen LogP contribution in [0.1, 0.15) is 26.0 Å². The van der Waals surface area contributed by atoms with E-state index >= 15 is 0 Å². The number of nitrogens with zero attached hydrogens (tertiary/aromatic N) is 3. The molecule has 2 unspecified atom stereocenters. The molecule has 10 N–H and O–H groups in total. The Labute approximate surface area is 261 Å². The summed E-state index contributed by atoms with van der Waals surface area (Å²) in [7, 11) is -4.52. The summed E-state index contributed by atoms with van der Waals surface area (Å²) in [5.41, 5.74) is 2.82. The third-order valence-electron chi connectivity index (χ3n) is 6.99. The van der Waals surface area contributed by atoms with E-state index in [2.05, 4.69) is 9.98 Å². The minimum absolute atomic E-state index is 0. The molecule has 2 fully saturated rings. The number of anilines is 1. The van der Waals surface area contributed by atoms with E-state index < -0.39 is 112 Å². The Balaban J connectivity index is 0.00000616. The zero-order valence-electron chi connectivity index (χ0n) is 23.0. The number of hydrogen-bond acceptors (Lipinski definition) is 16. The first-order chi connectivity index (χ1) is 19.1. The Morgan fingerprint density at radius 3 is 2.57 bits per heavy atom. The Kier molecular flexibility index (Phi) is 13.5. The van der Waals surface area contributed by atoms with Crippen LogP contribution in [0.25, 0.3) is 0 Å². The van der Waals surface area contributed by atoms with Gasteiger partial charge in [0.15, 0.2) is 6.23 Å². The number of aromatic nitrogens is 2. The molecular formula is C22H36N4NaO14P. The number of nitrogen functional groups attached to an aromatic ring is 1. The molecule has 2 saturated heterocycles. The van der Waals surface area contributed by atoms with Gasteiger partial charge >= 0.3 is 42.8 Å². The van der Waals surface area contributed by atoms with E-state index in [1.165, 1.54) is 12.3 Å². The molecule has 2 aliphatic heterocycles. The van der Waals surface area contributed by atoms with Crippen LogP contribution in [0, 0.1) is 0 Å². The SMILES string of the molecule is CC([O-])=N[C@@H]1[C@@H](O)C[C@](CO)(CCP(=O)(O)OC[C@H]2O[C@@H](n3ccc(N)nc3=O)[C@H](O)[C@@H]2O)O[C@H]1C(O)[C@H](O)CO.[Na+]. The summed E-state index contributed by atoms with van der Waals surface area (Å²) in [6, 6.07) is -0.105. The maximum absolute atomic E-state index is 12.8. The maximum Gasteiger partial charge on any atom is 1.00 e. The van der Waals surface area contributed by atoms with Gasteiger partial charge in [0.25, 0.3) is 0 Å². The van der Waals surface area contributed by atoms with Crippen molar-refractivity contribution in [2.24, 2.45) is 4.99 Å². The number of nitrogens with two attached hydrogens (primary N) is 1. The average Bonchev–Trinajstić information content (AvgIpc) is 3.19. The summed E-state index contributed by atoms with van der Waals surface area (Å²) < 4.78 is 30.0. The van der Waals surface area contributed by atoms with Crippen molar-refractivity contribution in [2.75, 3.05) is 31.7 Å². The number of aliphatic hydroxyl groups excluding tert-OH is 7. The monoisotopic (exact) mass is 634 g/mol. The molecule has 0 radical (unpaired) electrons. The van der Waals surface area contributed by atoms with Crippen LogP contribution in [-0.4, -0.2) is 136 Å². The van der Waals surface area contributed by atoms with E-state index in [0.717, 1.165) is 11.5 Å². The number of rotatable bonds is 12. The van der Waals surface area contributed by atoms with Crippen molar-refractivity contribution in [3.8, 4) is 0 Å². The van der Waals surface area contributed by atoms with E-state index in [1.807, 2.05) is 0 Å². The van der Waals surface area contributed by atoms with Crippen molar-refractivity contribution in [2.45, 2.75) is 80.4 Å². The Bertz CT molecular complexity index is 1170. The van der Waals surface area contributed by atoms with Gasteiger partial charge in [0.05, 0.1) is 37.7 Å². The van der Waals surface area contributed by atoms with E-state index in [1.54, 1.807) is 0 Å². The third-order valence-corrected chi connectivity index (χ3v) is 8.33. The summed E-state index contributed by atoms with van der Waals surface area (Å²) in [6.45, 7) is -1.33. The van der Waals surface area contributed by atoms with Crippen molar-refractivity contribution in [1.29, 1.82) is 0 Å². The molecule has 20 heteroatoms. The fourth-order valence-corrected chi connectivity index (χ4v) is 5.95. The van der Waals surface area contributed by atoms with Crippen molar-refractivity contribution in [3.05, 3.63) is 22.7 Å². The van der Waals surface area contributed by atoms with Gasteiger partial charge < -0.3 is 65.5 Å². The summed E-state index contributed by atoms with van der Waals surface area (Å²) in [6.07, 6.45) is -12.9. The van der Waals surface area contributed by atoms with Crippen molar-refractivity contribution in [3.63, 3.8) is 0 Å². The average molecular weight is 635 g/mol. The van der Waals surface area contributed by atoms with Gasteiger partial charge in [-0.2, -0.15) is 4.98 Å². The summed E-state index contributed by atoms with van der Waals surface area (Å²) in [5, 5.41) is 82.7. The number of aliphatic imine (C=N–C) groups is 1. The Hall–Kier alpha value is -1.06. The fraction of sp³-hybridized carbons (Fsp3) is 0.773. The molecule has 18 nitrogen and oxygen atoms in total. The van der Waals surface area contributed by atoms with Crippen LogP contribution in [0.2, 0.25) is 0 Å². The van der Waals surface area contributed by atoms with Crippen LogP contribution in [0.3, 0.4) is 0 Å². The molecule has 3 rings (SSSR count). The largest absolute Gasteiger partial charge is 1.00 e. The van der Waals surface area contributed by atoms with Gasteiger partial charge in [0, 0.05) is 12.6 Å². The first-order valence-electron chi connectivity index (χ1n) is 12.6. The van der Waals surface area contributed by atoms with Gasteiger partial charge in [0.2, 0.25) is 0 Å². The van der Waals surface area contributed by atoms with Crippen LogP contribution in [-0.2, 0) is 18.6 Å². The molecule has 42 heavy (non-hydrogen) atoms. The molecule has 0 spiro atoms. The molecule has 0 amide bonds. The van der Waals surface area contributed by atoms with Crippen LogP contribution in [0.5, 0.6) is 0 Å². The minimum Gasteiger partial charge on any atom is -0.862 e. The molecule has 1 aromatic rings. The minimum atomic E-state index is -4.52. The maximum atomic E-state index is 12.8. The third kappa shape index (κ3) is 8.77. The van der Waals surface area contributed by atoms with Crippen LogP contribution in [0.15, 0.2) is 22.1 Å². The van der Waals surface area contributed by atoms with Gasteiger partial charge in [-0.1, -0.05) is 0 Å². The normalized spacial score (nSPS) is 34.8. The first-order valence-corrected chi connectivity index (χ1v) is 14.4. The topological polar surface area (TPSA) is 303 Å². The number of hydrogen-bond donors (Lipinski definition) is 9. The van der Waals surface area contributed by atoms with Gasteiger partial charge in [-0.15, -0.1) is 0 Å².